The third kappa shape index (κ3) is 2.65. The van der Waals surface area contributed by atoms with Gasteiger partial charge < -0.3 is 15.5 Å². The average Bonchev–Trinajstić information content (AvgIpc) is 2.87. The largest absolute Gasteiger partial charge is 0.487 e. The highest BCUT2D eigenvalue weighted by Crippen LogP contribution is 2.19. The zero-order chi connectivity index (χ0) is 13.9. The van der Waals surface area contributed by atoms with Gasteiger partial charge in [0.05, 0.1) is 5.69 Å². The van der Waals surface area contributed by atoms with Gasteiger partial charge in [0.25, 0.3) is 0 Å². The average molecular weight is 270 g/mol. The standard InChI is InChI=1S/C16H15FN2O/c17-13-2-1-3-15(8-13)20-10-14-7-12-5-4-11(9-18)6-16(12)19-14/h1-8,19H,9-10,18H2. The molecule has 3 aromatic rings. The summed E-state index contributed by atoms with van der Waals surface area (Å²) in [5, 5.41) is 1.11. The van der Waals surface area contributed by atoms with E-state index in [-0.39, 0.29) is 5.82 Å². The molecule has 0 bridgehead atoms. The maximum absolute atomic E-state index is 13.0. The van der Waals surface area contributed by atoms with E-state index in [9.17, 15) is 4.39 Å². The SMILES string of the molecule is NCc1ccc2cc(COc3cccc(F)c3)[nH]c2c1. The van der Waals surface area contributed by atoms with Gasteiger partial charge in [0.15, 0.2) is 0 Å². The molecule has 0 fully saturated rings. The van der Waals surface area contributed by atoms with Gasteiger partial charge in [-0.1, -0.05) is 18.2 Å². The Hall–Kier alpha value is -2.33. The van der Waals surface area contributed by atoms with Gasteiger partial charge in [0.2, 0.25) is 0 Å². The van der Waals surface area contributed by atoms with E-state index in [4.69, 9.17) is 10.5 Å². The Morgan fingerprint density at radius 2 is 2.00 bits per heavy atom. The maximum Gasteiger partial charge on any atom is 0.128 e. The van der Waals surface area contributed by atoms with Crippen LogP contribution in [0.4, 0.5) is 4.39 Å². The number of halogens is 1. The lowest BCUT2D eigenvalue weighted by Gasteiger charge is -2.04. The third-order valence-corrected chi connectivity index (χ3v) is 3.17. The number of aromatic nitrogens is 1. The van der Waals surface area contributed by atoms with E-state index in [2.05, 4.69) is 4.98 Å². The predicted molar refractivity (Wildman–Crippen MR) is 76.9 cm³/mol. The lowest BCUT2D eigenvalue weighted by molar-refractivity contribution is 0.301. The number of nitrogens with one attached hydrogen (secondary N) is 1. The van der Waals surface area contributed by atoms with Crippen molar-refractivity contribution in [3.63, 3.8) is 0 Å². The van der Waals surface area contributed by atoms with Crippen LogP contribution >= 0.6 is 0 Å². The van der Waals surface area contributed by atoms with Crippen molar-refractivity contribution < 1.29 is 9.13 Å². The molecule has 0 aliphatic heterocycles. The number of H-pyrrole nitrogens is 1. The lowest BCUT2D eigenvalue weighted by Crippen LogP contribution is -1.96. The Morgan fingerprint density at radius 1 is 1.10 bits per heavy atom. The highest BCUT2D eigenvalue weighted by molar-refractivity contribution is 5.81. The molecule has 3 N–H and O–H groups in total. The highest BCUT2D eigenvalue weighted by Gasteiger charge is 2.03. The van der Waals surface area contributed by atoms with Crippen LogP contribution in [0.1, 0.15) is 11.3 Å². The summed E-state index contributed by atoms with van der Waals surface area (Å²) in [4.78, 5) is 3.28. The quantitative estimate of drug-likeness (QED) is 0.764. The molecule has 1 aromatic heterocycles. The molecule has 20 heavy (non-hydrogen) atoms. The molecule has 0 unspecified atom stereocenters. The van der Waals surface area contributed by atoms with Crippen molar-refractivity contribution in [1.29, 1.82) is 0 Å². The van der Waals surface area contributed by atoms with Gasteiger partial charge >= 0.3 is 0 Å². The number of fused-ring (bicyclic) bond motifs is 1. The Bertz CT molecular complexity index is 736. The molecule has 4 heteroatoms. The van der Waals surface area contributed by atoms with Crippen molar-refractivity contribution in [2.75, 3.05) is 0 Å². The van der Waals surface area contributed by atoms with E-state index in [1.807, 2.05) is 24.3 Å². The van der Waals surface area contributed by atoms with Crippen molar-refractivity contribution >= 4 is 10.9 Å². The van der Waals surface area contributed by atoms with Crippen LogP contribution in [0, 0.1) is 5.82 Å². The van der Waals surface area contributed by atoms with Crippen LogP contribution in [0.5, 0.6) is 5.75 Å². The van der Waals surface area contributed by atoms with E-state index in [0.29, 0.717) is 18.9 Å². The number of nitrogens with two attached hydrogens (primary N) is 1. The Kier molecular flexibility index (Phi) is 3.39. The van der Waals surface area contributed by atoms with Gasteiger partial charge in [-0.2, -0.15) is 0 Å². The molecule has 102 valence electrons. The molecule has 0 spiro atoms. The first kappa shape index (κ1) is 12.7. The van der Waals surface area contributed by atoms with Crippen LogP contribution in [0.25, 0.3) is 10.9 Å². The summed E-state index contributed by atoms with van der Waals surface area (Å²) in [5.74, 6) is 0.220. The van der Waals surface area contributed by atoms with Crippen molar-refractivity contribution in [3.05, 3.63) is 65.6 Å². The molecular weight excluding hydrogens is 255 g/mol. The predicted octanol–water partition coefficient (Wildman–Crippen LogP) is 3.34. The van der Waals surface area contributed by atoms with Crippen molar-refractivity contribution in [3.8, 4) is 5.75 Å². The summed E-state index contributed by atoms with van der Waals surface area (Å²) in [7, 11) is 0. The fourth-order valence-electron chi connectivity index (χ4n) is 2.16. The first-order valence-electron chi connectivity index (χ1n) is 6.43. The minimum absolute atomic E-state index is 0.299. The summed E-state index contributed by atoms with van der Waals surface area (Å²) in [5.41, 5.74) is 8.68. The number of hydrogen-bond acceptors (Lipinski definition) is 2. The molecule has 3 rings (SSSR count). The van der Waals surface area contributed by atoms with Crippen molar-refractivity contribution in [2.45, 2.75) is 13.2 Å². The molecule has 0 saturated heterocycles. The molecule has 0 amide bonds. The summed E-state index contributed by atoms with van der Waals surface area (Å²) in [6.07, 6.45) is 0. The Balaban J connectivity index is 1.77. The first-order chi connectivity index (χ1) is 9.74. The summed E-state index contributed by atoms with van der Waals surface area (Å²) >= 11 is 0. The van der Waals surface area contributed by atoms with Gasteiger partial charge in [-0.3, -0.25) is 0 Å². The van der Waals surface area contributed by atoms with E-state index < -0.39 is 0 Å². The summed E-state index contributed by atoms with van der Waals surface area (Å²) < 4.78 is 18.6. The van der Waals surface area contributed by atoms with E-state index in [1.54, 1.807) is 12.1 Å². The van der Waals surface area contributed by atoms with Crippen LogP contribution < -0.4 is 10.5 Å². The molecule has 2 aromatic carbocycles. The van der Waals surface area contributed by atoms with Crippen LogP contribution in [-0.4, -0.2) is 4.98 Å². The van der Waals surface area contributed by atoms with Crippen LogP contribution in [0.2, 0.25) is 0 Å². The first-order valence-corrected chi connectivity index (χ1v) is 6.43. The highest BCUT2D eigenvalue weighted by atomic mass is 19.1. The normalized spacial score (nSPS) is 10.9. The molecule has 0 aliphatic rings. The zero-order valence-corrected chi connectivity index (χ0v) is 10.9. The minimum atomic E-state index is -0.299. The second kappa shape index (κ2) is 5.35. The van der Waals surface area contributed by atoms with Gasteiger partial charge in [-0.25, -0.2) is 4.39 Å². The van der Waals surface area contributed by atoms with Crippen LogP contribution in [0.3, 0.4) is 0 Å². The monoisotopic (exact) mass is 270 g/mol. The van der Waals surface area contributed by atoms with Crippen molar-refractivity contribution in [1.82, 2.24) is 4.98 Å². The van der Waals surface area contributed by atoms with E-state index >= 15 is 0 Å². The fourth-order valence-corrected chi connectivity index (χ4v) is 2.16. The molecular formula is C16H15FN2O. The van der Waals surface area contributed by atoms with Gasteiger partial charge in [-0.15, -0.1) is 0 Å². The van der Waals surface area contributed by atoms with E-state index in [1.165, 1.54) is 12.1 Å². The van der Waals surface area contributed by atoms with Crippen LogP contribution in [0.15, 0.2) is 48.5 Å². The van der Waals surface area contributed by atoms with Crippen LogP contribution in [-0.2, 0) is 13.2 Å². The zero-order valence-electron chi connectivity index (χ0n) is 10.9. The fraction of sp³-hybridized carbons (Fsp3) is 0.125. The summed E-state index contributed by atoms with van der Waals surface area (Å²) in [6.45, 7) is 0.889. The Labute approximate surface area is 116 Å². The second-order valence-corrected chi connectivity index (χ2v) is 4.67. The molecule has 1 heterocycles. The molecule has 0 radical (unpaired) electrons. The number of ether oxygens (including phenoxy) is 1. The van der Waals surface area contributed by atoms with Gasteiger partial charge in [0.1, 0.15) is 18.2 Å². The molecule has 0 saturated carbocycles. The molecule has 0 atom stereocenters. The third-order valence-electron chi connectivity index (χ3n) is 3.17. The van der Waals surface area contributed by atoms with Crippen molar-refractivity contribution in [2.24, 2.45) is 5.73 Å². The minimum Gasteiger partial charge on any atom is -0.487 e. The number of hydrogen-bond donors (Lipinski definition) is 2. The second-order valence-electron chi connectivity index (χ2n) is 4.67. The lowest BCUT2D eigenvalue weighted by atomic mass is 10.2. The topological polar surface area (TPSA) is 51.0 Å². The van der Waals surface area contributed by atoms with Gasteiger partial charge in [-0.05, 0) is 35.2 Å². The number of benzene rings is 2. The molecule has 0 aliphatic carbocycles. The smallest absolute Gasteiger partial charge is 0.128 e. The number of aromatic amines is 1. The Morgan fingerprint density at radius 3 is 2.80 bits per heavy atom. The molecule has 3 nitrogen and oxygen atoms in total. The number of rotatable bonds is 4. The maximum atomic E-state index is 13.0. The summed E-state index contributed by atoms with van der Waals surface area (Å²) in [6, 6.07) is 14.2. The van der Waals surface area contributed by atoms with E-state index in [0.717, 1.165) is 22.2 Å². The van der Waals surface area contributed by atoms with Gasteiger partial charge in [0, 0.05) is 18.1 Å².